The van der Waals surface area contributed by atoms with E-state index in [1.165, 1.54) is 21.7 Å². The molecule has 0 aliphatic carbocycles. The van der Waals surface area contributed by atoms with E-state index in [0.717, 1.165) is 0 Å². The van der Waals surface area contributed by atoms with E-state index in [9.17, 15) is 0 Å². The molecule has 3 heteroatoms. The summed E-state index contributed by atoms with van der Waals surface area (Å²) in [5.41, 5.74) is 2.40. The number of rotatable bonds is 9. The van der Waals surface area contributed by atoms with Gasteiger partial charge in [-0.2, -0.15) is 0 Å². The van der Waals surface area contributed by atoms with Crippen LogP contribution in [0.4, 0.5) is 0 Å². The van der Waals surface area contributed by atoms with Crippen LogP contribution in [0.2, 0.25) is 0 Å². The summed E-state index contributed by atoms with van der Waals surface area (Å²) in [6.45, 7) is 4.38. The second-order valence-corrected chi connectivity index (χ2v) is 9.94. The first-order chi connectivity index (χ1) is 15.7. The molecule has 0 heterocycles. The van der Waals surface area contributed by atoms with Gasteiger partial charge >= 0.3 is 0 Å². The van der Waals surface area contributed by atoms with Gasteiger partial charge in [-0.3, -0.25) is 0 Å². The largest absolute Gasteiger partial charge is 0.340 e. The normalized spacial score (nSPS) is 13.2. The van der Waals surface area contributed by atoms with Gasteiger partial charge in [0, 0.05) is 16.7 Å². The van der Waals surface area contributed by atoms with Gasteiger partial charge in [0.2, 0.25) is 0 Å². The first-order valence-electron chi connectivity index (χ1n) is 11.2. The fourth-order valence-corrected chi connectivity index (χ4v) is 5.74. The summed E-state index contributed by atoms with van der Waals surface area (Å²) < 4.78 is 7.13. The minimum atomic E-state index is -1.00. The van der Waals surface area contributed by atoms with Crippen LogP contribution in [0.15, 0.2) is 121 Å². The lowest BCUT2D eigenvalue weighted by Crippen LogP contribution is -2.34. The molecule has 0 saturated carbocycles. The van der Waals surface area contributed by atoms with Crippen molar-refractivity contribution in [2.24, 2.45) is 0 Å². The van der Waals surface area contributed by atoms with E-state index in [1.54, 1.807) is 0 Å². The average molecular weight is 440 g/mol. The van der Waals surface area contributed by atoms with Crippen molar-refractivity contribution in [3.8, 4) is 0 Å². The lowest BCUT2D eigenvalue weighted by molar-refractivity contribution is 0.171. The molecule has 0 saturated heterocycles. The van der Waals surface area contributed by atoms with Crippen molar-refractivity contribution in [1.29, 1.82) is 0 Å². The first kappa shape index (κ1) is 22.4. The van der Waals surface area contributed by atoms with Gasteiger partial charge in [0.1, 0.15) is 6.10 Å². The lowest BCUT2D eigenvalue weighted by atomic mass is 9.95. The molecule has 0 radical (unpaired) electrons. The quantitative estimate of drug-likeness (QED) is 0.299. The Kier molecular flexibility index (Phi) is 7.85. The Hall–Kier alpha value is -2.77. The van der Waals surface area contributed by atoms with Gasteiger partial charge < -0.3 is 9.84 Å². The summed E-state index contributed by atoms with van der Waals surface area (Å²) in [5, 5.41) is 6.22. The van der Waals surface area contributed by atoms with Crippen LogP contribution in [0.5, 0.6) is 0 Å². The Morgan fingerprint density at radius 3 is 1.41 bits per heavy atom. The van der Waals surface area contributed by atoms with Crippen molar-refractivity contribution in [2.45, 2.75) is 32.0 Å². The third kappa shape index (κ3) is 5.72. The Morgan fingerprint density at radius 1 is 0.562 bits per heavy atom. The monoisotopic (exact) mass is 439 g/mol. The molecule has 1 N–H and O–H groups in total. The lowest BCUT2D eigenvalue weighted by Gasteiger charge is -2.34. The maximum Gasteiger partial charge on any atom is 0.107 e. The van der Waals surface area contributed by atoms with Crippen LogP contribution in [0.25, 0.3) is 0 Å². The molecular formula is C29H30NOP. The molecule has 0 spiro atoms. The molecule has 4 aromatic rings. The highest BCUT2D eigenvalue weighted by molar-refractivity contribution is 7.68. The molecule has 0 unspecified atom stereocenters. The minimum absolute atomic E-state index is 0.0241. The molecule has 0 aromatic heterocycles. The van der Waals surface area contributed by atoms with Crippen LogP contribution in [0.1, 0.15) is 37.1 Å². The third-order valence-corrected chi connectivity index (χ3v) is 7.28. The van der Waals surface area contributed by atoms with E-state index in [2.05, 4.69) is 140 Å². The van der Waals surface area contributed by atoms with E-state index >= 15 is 0 Å². The number of nitrogens with one attached hydrogen (secondary N) is 1. The zero-order valence-electron chi connectivity index (χ0n) is 18.6. The molecule has 0 fully saturated rings. The van der Waals surface area contributed by atoms with E-state index < -0.39 is 8.15 Å². The predicted molar refractivity (Wildman–Crippen MR) is 137 cm³/mol. The topological polar surface area (TPSA) is 21.3 Å². The predicted octanol–water partition coefficient (Wildman–Crippen LogP) is 6.53. The van der Waals surface area contributed by atoms with E-state index in [4.69, 9.17) is 4.52 Å². The standard InChI is InChI=1S/C29H30NOP/c1-23(2)30-28(24-15-7-3-8-16-24)29(25-17-9-4-10-18-25)31-32(26-19-11-5-12-20-26)27-21-13-6-14-22-27/h3-23,28-30H,1-2H3/t28-,29+/m0/s1. The summed E-state index contributed by atoms with van der Waals surface area (Å²) in [6.07, 6.45) is -0.146. The van der Waals surface area contributed by atoms with Crippen molar-refractivity contribution < 1.29 is 4.52 Å². The molecule has 2 nitrogen and oxygen atoms in total. The molecule has 4 rings (SSSR count). The molecule has 0 aliphatic heterocycles. The van der Waals surface area contributed by atoms with Crippen LogP contribution >= 0.6 is 8.15 Å². The number of hydrogen-bond acceptors (Lipinski definition) is 2. The molecule has 0 bridgehead atoms. The van der Waals surface area contributed by atoms with Crippen molar-refractivity contribution in [2.75, 3.05) is 0 Å². The highest BCUT2D eigenvalue weighted by atomic mass is 31.1. The fourth-order valence-electron chi connectivity index (χ4n) is 3.85. The van der Waals surface area contributed by atoms with Gasteiger partial charge in [-0.05, 0) is 11.1 Å². The summed E-state index contributed by atoms with van der Waals surface area (Å²) in [7, 11) is -1.00. The summed E-state index contributed by atoms with van der Waals surface area (Å²) in [6, 6.07) is 42.8. The van der Waals surface area contributed by atoms with Crippen molar-refractivity contribution in [1.82, 2.24) is 5.32 Å². The second-order valence-electron chi connectivity index (χ2n) is 8.11. The Bertz CT molecular complexity index is 1020. The maximum absolute atomic E-state index is 7.13. The smallest absolute Gasteiger partial charge is 0.107 e. The molecule has 162 valence electrons. The van der Waals surface area contributed by atoms with Crippen LogP contribution in [-0.4, -0.2) is 6.04 Å². The van der Waals surface area contributed by atoms with Gasteiger partial charge in [-0.25, -0.2) is 0 Å². The average Bonchev–Trinajstić information content (AvgIpc) is 2.86. The third-order valence-electron chi connectivity index (χ3n) is 5.30. The van der Waals surface area contributed by atoms with Gasteiger partial charge in [-0.15, -0.1) is 0 Å². The van der Waals surface area contributed by atoms with Gasteiger partial charge in [0.05, 0.1) is 14.2 Å². The van der Waals surface area contributed by atoms with Crippen molar-refractivity contribution in [3.05, 3.63) is 132 Å². The SMILES string of the molecule is CC(C)N[C@@H](c1ccccc1)[C@H](OP(c1ccccc1)c1ccccc1)c1ccccc1. The molecule has 32 heavy (non-hydrogen) atoms. The van der Waals surface area contributed by atoms with E-state index in [-0.39, 0.29) is 12.1 Å². The number of benzene rings is 4. The molecule has 2 atom stereocenters. The van der Waals surface area contributed by atoms with Crippen molar-refractivity contribution >= 4 is 18.8 Å². The maximum atomic E-state index is 7.13. The van der Waals surface area contributed by atoms with Crippen LogP contribution in [0.3, 0.4) is 0 Å². The molecule has 0 amide bonds. The summed E-state index contributed by atoms with van der Waals surface area (Å²) in [5.74, 6) is 0. The summed E-state index contributed by atoms with van der Waals surface area (Å²) in [4.78, 5) is 0. The van der Waals surface area contributed by atoms with Crippen LogP contribution in [0, 0.1) is 0 Å². The fraction of sp³-hybridized carbons (Fsp3) is 0.172. The molecule has 0 aliphatic rings. The Morgan fingerprint density at radius 2 is 0.969 bits per heavy atom. The second kappa shape index (κ2) is 11.2. The minimum Gasteiger partial charge on any atom is -0.340 e. The Labute approximate surface area is 193 Å². The highest BCUT2D eigenvalue weighted by Crippen LogP contribution is 2.45. The summed E-state index contributed by atoms with van der Waals surface area (Å²) >= 11 is 0. The zero-order valence-corrected chi connectivity index (χ0v) is 19.5. The van der Waals surface area contributed by atoms with Crippen LogP contribution in [-0.2, 0) is 4.52 Å². The van der Waals surface area contributed by atoms with E-state index in [0.29, 0.717) is 6.04 Å². The van der Waals surface area contributed by atoms with Gasteiger partial charge in [0.25, 0.3) is 0 Å². The van der Waals surface area contributed by atoms with Gasteiger partial charge in [-0.1, -0.05) is 135 Å². The van der Waals surface area contributed by atoms with Crippen molar-refractivity contribution in [3.63, 3.8) is 0 Å². The zero-order chi connectivity index (χ0) is 22.2. The molecule has 4 aromatic carbocycles. The number of hydrogen-bond donors (Lipinski definition) is 1. The Balaban J connectivity index is 1.80. The first-order valence-corrected chi connectivity index (χ1v) is 12.4. The highest BCUT2D eigenvalue weighted by Gasteiger charge is 2.30. The molecular weight excluding hydrogens is 409 g/mol. The van der Waals surface area contributed by atoms with Crippen LogP contribution < -0.4 is 15.9 Å². The van der Waals surface area contributed by atoms with E-state index in [1.807, 2.05) is 0 Å². The van der Waals surface area contributed by atoms with Gasteiger partial charge in [0.15, 0.2) is 0 Å².